The zero-order chi connectivity index (χ0) is 22.5. The topological polar surface area (TPSA) is 10.9 Å². The second kappa shape index (κ2) is 7.83. The third kappa shape index (κ3) is 3.07. The number of quaternary nitrogens is 1. The molecule has 0 aromatic heterocycles. The number of fused-ring (bicyclic) bond motifs is 3. The van der Waals surface area contributed by atoms with Crippen molar-refractivity contribution in [1.29, 1.82) is 0 Å². The third-order valence-electron chi connectivity index (χ3n) is 7.42. The Morgan fingerprint density at radius 2 is 1.62 bits per heavy atom. The molecule has 3 aromatic carbocycles. The van der Waals surface area contributed by atoms with Gasteiger partial charge in [-0.1, -0.05) is 62.4 Å². The van der Waals surface area contributed by atoms with Crippen LogP contribution in [0.1, 0.15) is 33.3 Å². The van der Waals surface area contributed by atoms with E-state index in [4.69, 9.17) is 0 Å². The van der Waals surface area contributed by atoms with E-state index in [1.807, 2.05) is 0 Å². The monoisotopic (exact) mass is 424 g/mol. The van der Waals surface area contributed by atoms with E-state index in [0.29, 0.717) is 6.17 Å². The molecule has 32 heavy (non-hydrogen) atoms. The van der Waals surface area contributed by atoms with Gasteiger partial charge in [0.2, 0.25) is 0 Å². The number of nitrogens with zero attached hydrogens (tertiary/aromatic N) is 2. The van der Waals surface area contributed by atoms with Crippen molar-refractivity contribution < 1.29 is 4.90 Å². The minimum Gasteiger partial charge on any atom is -0.347 e. The predicted molar refractivity (Wildman–Crippen MR) is 137 cm³/mol. The first-order chi connectivity index (χ1) is 15.5. The maximum atomic E-state index is 2.55. The van der Waals surface area contributed by atoms with E-state index >= 15 is 0 Å². The van der Waals surface area contributed by atoms with Crippen LogP contribution in [0.5, 0.6) is 0 Å². The normalized spacial score (nSPS) is 22.8. The van der Waals surface area contributed by atoms with Crippen LogP contribution in [0.4, 0.5) is 17.1 Å². The highest BCUT2D eigenvalue weighted by molar-refractivity contribution is 5.91. The van der Waals surface area contributed by atoms with Crippen LogP contribution in [-0.4, -0.2) is 26.3 Å². The lowest BCUT2D eigenvalue weighted by Crippen LogP contribution is -3.10. The Morgan fingerprint density at radius 1 is 0.938 bits per heavy atom. The largest absolute Gasteiger partial charge is 0.347 e. The van der Waals surface area contributed by atoms with E-state index in [-0.39, 0.29) is 5.41 Å². The Balaban J connectivity index is 1.50. The Labute approximate surface area is 192 Å². The summed E-state index contributed by atoms with van der Waals surface area (Å²) in [6, 6.07) is 22.2. The molecule has 0 saturated carbocycles. The van der Waals surface area contributed by atoms with Gasteiger partial charge in [0.1, 0.15) is 5.69 Å². The molecule has 2 heterocycles. The first-order valence-electron chi connectivity index (χ1n) is 11.8. The molecule has 1 N–H and O–H groups in total. The highest BCUT2D eigenvalue weighted by Gasteiger charge is 2.39. The second-order valence-electron chi connectivity index (χ2n) is 9.46. The van der Waals surface area contributed by atoms with E-state index in [1.165, 1.54) is 44.0 Å². The van der Waals surface area contributed by atoms with E-state index < -0.39 is 0 Å². The van der Waals surface area contributed by atoms with Crippen molar-refractivity contribution in [1.82, 2.24) is 0 Å². The van der Waals surface area contributed by atoms with Crippen molar-refractivity contribution in [2.75, 3.05) is 29.9 Å². The van der Waals surface area contributed by atoms with Crippen LogP contribution in [0.2, 0.25) is 0 Å². The predicted octanol–water partition coefficient (Wildman–Crippen LogP) is 5.41. The van der Waals surface area contributed by atoms with Crippen molar-refractivity contribution in [2.45, 2.75) is 39.3 Å². The number of anilines is 2. The molecule has 0 amide bonds. The van der Waals surface area contributed by atoms with Gasteiger partial charge in [-0.25, -0.2) is 0 Å². The highest BCUT2D eigenvalue weighted by atomic mass is 15.4. The summed E-state index contributed by atoms with van der Waals surface area (Å²) in [5, 5.41) is 2.64. The lowest BCUT2D eigenvalue weighted by atomic mass is 9.84. The van der Waals surface area contributed by atoms with E-state index in [9.17, 15) is 0 Å². The summed E-state index contributed by atoms with van der Waals surface area (Å²) in [4.78, 5) is 6.41. The molecule has 0 saturated heterocycles. The van der Waals surface area contributed by atoms with Crippen molar-refractivity contribution >= 4 is 27.8 Å². The SMILES string of the molecule is CCN1c2cc3ccccc3cc2[NH+](CC)C1C=CC=C1N(C)c2ccccc2C1(C)C. The van der Waals surface area contributed by atoms with Gasteiger partial charge in [-0.15, -0.1) is 0 Å². The quantitative estimate of drug-likeness (QED) is 0.600. The second-order valence-corrected chi connectivity index (χ2v) is 9.46. The van der Waals surface area contributed by atoms with Gasteiger partial charge in [0.05, 0.1) is 6.54 Å². The number of likely N-dealkylation sites (N-methyl/N-ethyl adjacent to an activating group) is 3. The fourth-order valence-corrected chi connectivity index (χ4v) is 5.76. The van der Waals surface area contributed by atoms with Gasteiger partial charge < -0.3 is 9.80 Å². The molecule has 2 aliphatic heterocycles. The average Bonchev–Trinajstić information content (AvgIpc) is 3.20. The number of allylic oxidation sites excluding steroid dienone is 3. The molecule has 164 valence electrons. The number of nitrogens with one attached hydrogen (secondary N) is 1. The number of para-hydroxylation sites is 1. The molecular formula is C29H34N3+. The van der Waals surface area contributed by atoms with Crippen LogP contribution < -0.4 is 14.7 Å². The van der Waals surface area contributed by atoms with Crippen molar-refractivity contribution in [3.63, 3.8) is 0 Å². The van der Waals surface area contributed by atoms with Crippen LogP contribution in [0.3, 0.4) is 0 Å². The maximum Gasteiger partial charge on any atom is 0.187 e. The Bertz CT molecular complexity index is 1170. The summed E-state index contributed by atoms with van der Waals surface area (Å²) in [6.45, 7) is 11.3. The summed E-state index contributed by atoms with van der Waals surface area (Å²) in [6.07, 6.45) is 7.31. The van der Waals surface area contributed by atoms with E-state index in [0.717, 1.165) is 13.1 Å². The number of rotatable bonds is 4. The summed E-state index contributed by atoms with van der Waals surface area (Å²) in [5.41, 5.74) is 6.86. The molecular weight excluding hydrogens is 390 g/mol. The summed E-state index contributed by atoms with van der Waals surface area (Å²) < 4.78 is 0. The molecule has 2 unspecified atom stereocenters. The fourth-order valence-electron chi connectivity index (χ4n) is 5.76. The van der Waals surface area contributed by atoms with Crippen molar-refractivity contribution in [2.24, 2.45) is 0 Å². The standard InChI is InChI=1S/C29H33N3/c1-6-31-25-19-21-13-8-9-14-22(21)20-26(25)32(7-2)28(31)18-12-17-27-29(3,4)23-15-10-11-16-24(23)30(27)5/h8-20,28H,6-7H2,1-5H3/p+1. The van der Waals surface area contributed by atoms with Gasteiger partial charge in [-0.2, -0.15) is 0 Å². The molecule has 0 bridgehead atoms. The van der Waals surface area contributed by atoms with Crippen LogP contribution >= 0.6 is 0 Å². The third-order valence-corrected chi connectivity index (χ3v) is 7.42. The van der Waals surface area contributed by atoms with Crippen molar-refractivity contribution in [3.8, 4) is 0 Å². The molecule has 3 heteroatoms. The fraction of sp³-hybridized carbons (Fsp3) is 0.310. The van der Waals surface area contributed by atoms with Crippen LogP contribution in [-0.2, 0) is 5.41 Å². The van der Waals surface area contributed by atoms with Crippen molar-refractivity contribution in [3.05, 3.63) is 90.2 Å². The minimum atomic E-state index is 0.00773. The Kier molecular flexibility index (Phi) is 5.10. The van der Waals surface area contributed by atoms with Gasteiger partial charge >= 0.3 is 0 Å². The Hall–Kier alpha value is -3.04. The smallest absolute Gasteiger partial charge is 0.187 e. The lowest BCUT2D eigenvalue weighted by Gasteiger charge is -2.25. The molecule has 0 spiro atoms. The number of hydrogen-bond acceptors (Lipinski definition) is 2. The average molecular weight is 425 g/mol. The number of benzene rings is 3. The Morgan fingerprint density at radius 3 is 2.31 bits per heavy atom. The zero-order valence-corrected chi connectivity index (χ0v) is 19.9. The molecule has 2 aliphatic rings. The van der Waals surface area contributed by atoms with Gasteiger partial charge in [0.25, 0.3) is 0 Å². The maximum absolute atomic E-state index is 2.55. The van der Waals surface area contributed by atoms with E-state index in [1.54, 1.807) is 0 Å². The van der Waals surface area contributed by atoms with Gasteiger partial charge in [0, 0.05) is 36.5 Å². The van der Waals surface area contributed by atoms with Crippen LogP contribution in [0.25, 0.3) is 10.8 Å². The molecule has 3 nitrogen and oxygen atoms in total. The van der Waals surface area contributed by atoms with Gasteiger partial charge in [-0.05, 0) is 54.5 Å². The van der Waals surface area contributed by atoms with Crippen LogP contribution in [0, 0.1) is 0 Å². The summed E-state index contributed by atoms with van der Waals surface area (Å²) in [5.74, 6) is 0. The summed E-state index contributed by atoms with van der Waals surface area (Å²) >= 11 is 0. The zero-order valence-electron chi connectivity index (χ0n) is 19.9. The molecule has 2 atom stereocenters. The molecule has 3 aromatic rings. The van der Waals surface area contributed by atoms with Crippen LogP contribution in [0.15, 0.2) is 84.6 Å². The highest BCUT2D eigenvalue weighted by Crippen LogP contribution is 2.46. The number of hydrogen-bond donors (Lipinski definition) is 1. The molecule has 0 fully saturated rings. The van der Waals surface area contributed by atoms with Gasteiger partial charge in [-0.3, -0.25) is 4.90 Å². The first kappa shape index (κ1) is 20.8. The summed E-state index contributed by atoms with van der Waals surface area (Å²) in [7, 11) is 2.19. The molecule has 0 aliphatic carbocycles. The first-order valence-corrected chi connectivity index (χ1v) is 11.8. The molecule has 5 rings (SSSR count). The lowest BCUT2D eigenvalue weighted by molar-refractivity contribution is -0.843. The minimum absolute atomic E-state index is 0.00773. The van der Waals surface area contributed by atoms with E-state index in [2.05, 4.69) is 123 Å². The van der Waals surface area contributed by atoms with Gasteiger partial charge in [0.15, 0.2) is 11.9 Å². The molecule has 0 radical (unpaired) electrons.